The average Bonchev–Trinajstić information content (AvgIpc) is 2.53. The van der Waals surface area contributed by atoms with Crippen molar-refractivity contribution in [1.82, 2.24) is 10.2 Å². The number of nitrogens with one attached hydrogen (secondary N) is 1. The van der Waals surface area contributed by atoms with Gasteiger partial charge in [0.25, 0.3) is 0 Å². The van der Waals surface area contributed by atoms with Gasteiger partial charge in [0.2, 0.25) is 0 Å². The van der Waals surface area contributed by atoms with Crippen LogP contribution in [-0.2, 0) is 0 Å². The molecule has 0 aromatic heterocycles. The number of rotatable bonds is 1. The van der Waals surface area contributed by atoms with E-state index < -0.39 is 0 Å². The molecule has 76 valence electrons. The summed E-state index contributed by atoms with van der Waals surface area (Å²) in [5.41, 5.74) is 0.367. The predicted molar refractivity (Wildman–Crippen MR) is 55.9 cm³/mol. The Balaban J connectivity index is 1.91. The van der Waals surface area contributed by atoms with Gasteiger partial charge >= 0.3 is 0 Å². The van der Waals surface area contributed by atoms with Gasteiger partial charge in [-0.05, 0) is 59.2 Å². The topological polar surface area (TPSA) is 15.3 Å². The van der Waals surface area contributed by atoms with Gasteiger partial charge in [-0.15, -0.1) is 0 Å². The lowest BCUT2D eigenvalue weighted by Crippen LogP contribution is -2.52. The van der Waals surface area contributed by atoms with Gasteiger partial charge in [-0.1, -0.05) is 0 Å². The molecule has 1 N–H and O–H groups in total. The van der Waals surface area contributed by atoms with Crippen molar-refractivity contribution in [1.29, 1.82) is 0 Å². The molecule has 2 fully saturated rings. The quantitative estimate of drug-likeness (QED) is 0.663. The van der Waals surface area contributed by atoms with Crippen LogP contribution in [0.3, 0.4) is 0 Å². The summed E-state index contributed by atoms with van der Waals surface area (Å²) in [4.78, 5) is 2.70. The highest BCUT2D eigenvalue weighted by molar-refractivity contribution is 4.91. The van der Waals surface area contributed by atoms with E-state index in [9.17, 15) is 0 Å². The van der Waals surface area contributed by atoms with E-state index in [4.69, 9.17) is 0 Å². The number of piperidine rings is 1. The number of nitrogens with zero attached hydrogens (tertiary/aromatic N) is 1. The van der Waals surface area contributed by atoms with Crippen molar-refractivity contribution in [3.8, 4) is 0 Å². The van der Waals surface area contributed by atoms with E-state index in [1.165, 1.54) is 45.3 Å². The lowest BCUT2D eigenvalue weighted by Gasteiger charge is -2.40. The Morgan fingerprint density at radius 2 is 1.92 bits per heavy atom. The van der Waals surface area contributed by atoms with Crippen LogP contribution in [-0.4, -0.2) is 36.1 Å². The van der Waals surface area contributed by atoms with Crippen LogP contribution in [0.2, 0.25) is 0 Å². The summed E-state index contributed by atoms with van der Waals surface area (Å²) in [5, 5.41) is 3.59. The van der Waals surface area contributed by atoms with E-state index in [1.54, 1.807) is 0 Å². The monoisotopic (exact) mass is 182 g/mol. The number of likely N-dealkylation sites (tertiary alicyclic amines) is 1. The molecule has 0 amide bonds. The van der Waals surface area contributed by atoms with Crippen LogP contribution in [0.5, 0.6) is 0 Å². The van der Waals surface area contributed by atoms with Gasteiger partial charge in [-0.25, -0.2) is 0 Å². The van der Waals surface area contributed by atoms with Gasteiger partial charge in [0.1, 0.15) is 0 Å². The first-order valence-electron chi connectivity index (χ1n) is 5.66. The van der Waals surface area contributed by atoms with E-state index in [0.29, 0.717) is 5.54 Å². The van der Waals surface area contributed by atoms with Crippen molar-refractivity contribution in [2.24, 2.45) is 0 Å². The summed E-state index contributed by atoms with van der Waals surface area (Å²) in [6.07, 6.45) is 5.52. The van der Waals surface area contributed by atoms with E-state index in [1.807, 2.05) is 0 Å². The number of hydrogen-bond donors (Lipinski definition) is 1. The van der Waals surface area contributed by atoms with Crippen LogP contribution >= 0.6 is 0 Å². The van der Waals surface area contributed by atoms with Crippen molar-refractivity contribution in [3.63, 3.8) is 0 Å². The highest BCUT2D eigenvalue weighted by Crippen LogP contribution is 2.25. The molecule has 2 rings (SSSR count). The van der Waals surface area contributed by atoms with Gasteiger partial charge in [0, 0.05) is 11.6 Å². The van der Waals surface area contributed by atoms with Crippen molar-refractivity contribution in [3.05, 3.63) is 0 Å². The first-order chi connectivity index (χ1) is 6.17. The van der Waals surface area contributed by atoms with Crippen molar-refractivity contribution >= 4 is 0 Å². The summed E-state index contributed by atoms with van der Waals surface area (Å²) in [6, 6.07) is 0.860. The molecule has 0 bridgehead atoms. The molecule has 0 aliphatic carbocycles. The molecule has 0 aromatic rings. The van der Waals surface area contributed by atoms with Gasteiger partial charge in [0.15, 0.2) is 0 Å². The first kappa shape index (κ1) is 9.47. The fourth-order valence-corrected chi connectivity index (χ4v) is 2.76. The molecule has 2 nitrogen and oxygen atoms in total. The summed E-state index contributed by atoms with van der Waals surface area (Å²) < 4.78 is 0. The fraction of sp³-hybridized carbons (Fsp3) is 1.00. The number of hydrogen-bond acceptors (Lipinski definition) is 2. The minimum absolute atomic E-state index is 0.367. The van der Waals surface area contributed by atoms with Gasteiger partial charge in [0.05, 0.1) is 0 Å². The highest BCUT2D eigenvalue weighted by Gasteiger charge is 2.31. The molecule has 2 heteroatoms. The third kappa shape index (κ3) is 2.23. The molecule has 2 aliphatic rings. The van der Waals surface area contributed by atoms with Crippen LogP contribution in [0.1, 0.15) is 39.5 Å². The molecule has 2 heterocycles. The van der Waals surface area contributed by atoms with Crippen molar-refractivity contribution in [2.75, 3.05) is 19.6 Å². The van der Waals surface area contributed by atoms with Gasteiger partial charge in [-0.3, -0.25) is 0 Å². The molecule has 2 aliphatic heterocycles. The smallest absolute Gasteiger partial charge is 0.0140 e. The molecule has 0 radical (unpaired) electrons. The maximum absolute atomic E-state index is 3.59. The van der Waals surface area contributed by atoms with Crippen molar-refractivity contribution < 1.29 is 0 Å². The molecule has 2 saturated heterocycles. The second-order valence-electron chi connectivity index (χ2n) is 5.20. The average molecular weight is 182 g/mol. The third-order valence-corrected chi connectivity index (χ3v) is 3.48. The zero-order valence-electron chi connectivity index (χ0n) is 8.97. The molecule has 1 atom stereocenters. The van der Waals surface area contributed by atoms with E-state index in [0.717, 1.165) is 6.04 Å². The summed E-state index contributed by atoms with van der Waals surface area (Å²) >= 11 is 0. The lowest BCUT2D eigenvalue weighted by atomic mass is 9.88. The largest absolute Gasteiger partial charge is 0.312 e. The fourth-order valence-electron chi connectivity index (χ4n) is 2.76. The van der Waals surface area contributed by atoms with Crippen molar-refractivity contribution in [2.45, 2.75) is 51.1 Å². The normalized spacial score (nSPS) is 35.1. The van der Waals surface area contributed by atoms with Gasteiger partial charge in [-0.2, -0.15) is 0 Å². The molecule has 1 unspecified atom stereocenters. The van der Waals surface area contributed by atoms with Crippen LogP contribution in [0, 0.1) is 0 Å². The summed E-state index contributed by atoms with van der Waals surface area (Å²) in [5.74, 6) is 0. The Kier molecular flexibility index (Phi) is 2.61. The van der Waals surface area contributed by atoms with E-state index in [-0.39, 0.29) is 0 Å². The van der Waals surface area contributed by atoms with E-state index >= 15 is 0 Å². The zero-order chi connectivity index (χ0) is 9.31. The Morgan fingerprint density at radius 1 is 1.23 bits per heavy atom. The maximum atomic E-state index is 3.59. The third-order valence-electron chi connectivity index (χ3n) is 3.48. The van der Waals surface area contributed by atoms with Gasteiger partial charge < -0.3 is 10.2 Å². The SMILES string of the molecule is CC1(C)CC(N2CCCC2)CCN1. The second-order valence-corrected chi connectivity index (χ2v) is 5.20. The molecule has 0 saturated carbocycles. The standard InChI is InChI=1S/C11H22N2/c1-11(2)9-10(5-6-12-11)13-7-3-4-8-13/h10,12H,3-9H2,1-2H3. The molecule has 0 aromatic carbocycles. The molecular formula is C11H22N2. The van der Waals surface area contributed by atoms with Crippen LogP contribution in [0.25, 0.3) is 0 Å². The zero-order valence-corrected chi connectivity index (χ0v) is 8.97. The highest BCUT2D eigenvalue weighted by atomic mass is 15.2. The maximum Gasteiger partial charge on any atom is 0.0140 e. The molecule has 13 heavy (non-hydrogen) atoms. The Bertz CT molecular complexity index is 171. The Morgan fingerprint density at radius 3 is 2.54 bits per heavy atom. The molecular weight excluding hydrogens is 160 g/mol. The lowest BCUT2D eigenvalue weighted by molar-refractivity contribution is 0.143. The second kappa shape index (κ2) is 3.58. The van der Waals surface area contributed by atoms with E-state index in [2.05, 4.69) is 24.1 Å². The Hall–Kier alpha value is -0.0800. The summed E-state index contributed by atoms with van der Waals surface area (Å²) in [7, 11) is 0. The van der Waals surface area contributed by atoms with Crippen LogP contribution in [0.15, 0.2) is 0 Å². The van der Waals surface area contributed by atoms with Crippen LogP contribution < -0.4 is 5.32 Å². The minimum atomic E-state index is 0.367. The predicted octanol–water partition coefficient (Wildman–Crippen LogP) is 1.61. The summed E-state index contributed by atoms with van der Waals surface area (Å²) in [6.45, 7) is 8.56. The minimum Gasteiger partial charge on any atom is -0.312 e. The Labute approximate surface area is 81.7 Å². The van der Waals surface area contributed by atoms with Crippen LogP contribution in [0.4, 0.5) is 0 Å². The first-order valence-corrected chi connectivity index (χ1v) is 5.66. The molecule has 0 spiro atoms.